The molecule has 4 aromatic rings. The first kappa shape index (κ1) is 23.1. The summed E-state index contributed by atoms with van der Waals surface area (Å²) in [4.78, 5) is 24.8. The molecule has 5 rings (SSSR count). The predicted octanol–water partition coefficient (Wildman–Crippen LogP) is 4.09. The van der Waals surface area contributed by atoms with E-state index >= 15 is 0 Å². The van der Waals surface area contributed by atoms with Gasteiger partial charge in [0.2, 0.25) is 0 Å². The number of pyridine rings is 1. The van der Waals surface area contributed by atoms with Crippen LogP contribution in [0.15, 0.2) is 70.6 Å². The molecule has 0 aliphatic carbocycles. The summed E-state index contributed by atoms with van der Waals surface area (Å²) in [5.74, 6) is -0.658. The lowest BCUT2D eigenvalue weighted by Crippen LogP contribution is -2.33. The van der Waals surface area contributed by atoms with Crippen molar-refractivity contribution in [2.45, 2.75) is 18.9 Å². The topological polar surface area (TPSA) is 81.2 Å². The van der Waals surface area contributed by atoms with Gasteiger partial charge in [-0.3, -0.25) is 9.36 Å². The molecule has 9 heteroatoms. The first-order chi connectivity index (χ1) is 16.8. The standard InChI is InChI=1S/C26H24ClFN4O3/c1-30-10-11-31(26(30)35)23-4-2-16(12-22(23)27)20-13-18(28)14-21(25(20)34)17-3-5-24(33)32(15-17)19-6-8-29-9-7-19/h2-5,10-15,19,29,34H,6-9H2,1H3. The van der Waals surface area contributed by atoms with E-state index in [1.807, 2.05) is 0 Å². The zero-order valence-corrected chi connectivity index (χ0v) is 19.8. The predicted molar refractivity (Wildman–Crippen MR) is 134 cm³/mol. The SMILES string of the molecule is Cn1ccn(-c2ccc(-c3cc(F)cc(-c4ccc(=O)n(C5CCNCC5)c4)c3O)cc2Cl)c1=O. The minimum absolute atomic E-state index is 0.0478. The molecule has 0 radical (unpaired) electrons. The van der Waals surface area contributed by atoms with E-state index in [-0.39, 0.29) is 39.2 Å². The highest BCUT2D eigenvalue weighted by Gasteiger charge is 2.19. The summed E-state index contributed by atoms with van der Waals surface area (Å²) in [7, 11) is 1.64. The van der Waals surface area contributed by atoms with Crippen molar-refractivity contribution >= 4 is 11.6 Å². The summed E-state index contributed by atoms with van der Waals surface area (Å²) in [6.45, 7) is 1.64. The molecule has 180 valence electrons. The van der Waals surface area contributed by atoms with Crippen LogP contribution < -0.4 is 16.6 Å². The van der Waals surface area contributed by atoms with E-state index in [9.17, 15) is 19.1 Å². The Kier molecular flexibility index (Phi) is 6.08. The molecular formula is C26H24ClFN4O3. The van der Waals surface area contributed by atoms with E-state index in [1.165, 1.54) is 27.3 Å². The van der Waals surface area contributed by atoms with Crippen molar-refractivity contribution in [3.8, 4) is 33.7 Å². The van der Waals surface area contributed by atoms with Gasteiger partial charge in [0, 0.05) is 54.4 Å². The number of hydrogen-bond acceptors (Lipinski definition) is 4. The molecule has 1 fully saturated rings. The number of aryl methyl sites for hydroxylation is 1. The molecule has 2 aromatic carbocycles. The smallest absolute Gasteiger partial charge is 0.332 e. The Hall–Kier alpha value is -3.62. The quantitative estimate of drug-likeness (QED) is 0.447. The molecule has 1 aliphatic rings. The van der Waals surface area contributed by atoms with Crippen molar-refractivity contribution in [2.75, 3.05) is 13.1 Å². The van der Waals surface area contributed by atoms with Crippen LogP contribution in [0.4, 0.5) is 4.39 Å². The number of nitrogens with one attached hydrogen (secondary N) is 1. The summed E-state index contributed by atoms with van der Waals surface area (Å²) in [6.07, 6.45) is 6.56. The Labute approximate surface area is 205 Å². The first-order valence-corrected chi connectivity index (χ1v) is 11.7. The molecule has 1 saturated heterocycles. The van der Waals surface area contributed by atoms with Gasteiger partial charge in [0.15, 0.2) is 0 Å². The molecule has 2 N–H and O–H groups in total. The van der Waals surface area contributed by atoms with E-state index in [1.54, 1.807) is 54.5 Å². The van der Waals surface area contributed by atoms with Gasteiger partial charge in [0.05, 0.1) is 10.7 Å². The summed E-state index contributed by atoms with van der Waals surface area (Å²) >= 11 is 6.48. The third-order valence-electron chi connectivity index (χ3n) is 6.49. The van der Waals surface area contributed by atoms with E-state index in [0.717, 1.165) is 25.9 Å². The van der Waals surface area contributed by atoms with Crippen LogP contribution in [0, 0.1) is 5.82 Å². The lowest BCUT2D eigenvalue weighted by Gasteiger charge is -2.25. The Morgan fingerprint density at radius 1 is 1.00 bits per heavy atom. The normalized spacial score (nSPS) is 14.4. The van der Waals surface area contributed by atoms with Gasteiger partial charge in [-0.25, -0.2) is 9.18 Å². The minimum Gasteiger partial charge on any atom is -0.507 e. The van der Waals surface area contributed by atoms with E-state index in [0.29, 0.717) is 16.8 Å². The molecular weight excluding hydrogens is 471 g/mol. The number of halogens is 2. The van der Waals surface area contributed by atoms with Gasteiger partial charge in [-0.05, 0) is 61.8 Å². The molecule has 0 spiro atoms. The number of hydrogen-bond donors (Lipinski definition) is 2. The highest BCUT2D eigenvalue weighted by atomic mass is 35.5. The molecule has 0 saturated carbocycles. The summed E-state index contributed by atoms with van der Waals surface area (Å²) < 4.78 is 19.3. The number of rotatable bonds is 4. The van der Waals surface area contributed by atoms with Gasteiger partial charge in [-0.1, -0.05) is 17.7 Å². The third kappa shape index (κ3) is 4.31. The largest absolute Gasteiger partial charge is 0.507 e. The van der Waals surface area contributed by atoms with Gasteiger partial charge in [-0.15, -0.1) is 0 Å². The van der Waals surface area contributed by atoms with Crippen LogP contribution in [-0.2, 0) is 7.05 Å². The second-order valence-electron chi connectivity index (χ2n) is 8.72. The minimum atomic E-state index is -0.535. The Balaban J connectivity index is 1.58. The van der Waals surface area contributed by atoms with E-state index < -0.39 is 5.82 Å². The number of phenolic OH excluding ortho intramolecular Hbond substituents is 1. The van der Waals surface area contributed by atoms with Crippen molar-refractivity contribution in [2.24, 2.45) is 7.05 Å². The molecule has 0 atom stereocenters. The van der Waals surface area contributed by atoms with Gasteiger partial charge in [-0.2, -0.15) is 0 Å². The van der Waals surface area contributed by atoms with Gasteiger partial charge < -0.3 is 19.6 Å². The molecule has 3 heterocycles. The fourth-order valence-corrected chi connectivity index (χ4v) is 4.86. The van der Waals surface area contributed by atoms with Crippen LogP contribution >= 0.6 is 11.6 Å². The average Bonchev–Trinajstić information content (AvgIpc) is 3.19. The maximum absolute atomic E-state index is 14.7. The summed E-state index contributed by atoms with van der Waals surface area (Å²) in [5, 5.41) is 14.7. The lowest BCUT2D eigenvalue weighted by atomic mass is 9.97. The fourth-order valence-electron chi connectivity index (χ4n) is 4.59. The monoisotopic (exact) mass is 494 g/mol. The Morgan fingerprint density at radius 2 is 1.69 bits per heavy atom. The first-order valence-electron chi connectivity index (χ1n) is 11.3. The van der Waals surface area contributed by atoms with E-state index in [4.69, 9.17) is 11.6 Å². The van der Waals surface area contributed by atoms with Crippen molar-refractivity contribution in [1.29, 1.82) is 0 Å². The van der Waals surface area contributed by atoms with Gasteiger partial charge >= 0.3 is 5.69 Å². The number of aromatic nitrogens is 3. The molecule has 2 aromatic heterocycles. The van der Waals surface area contributed by atoms with Crippen molar-refractivity contribution in [1.82, 2.24) is 19.0 Å². The van der Waals surface area contributed by atoms with Crippen LogP contribution in [0.1, 0.15) is 18.9 Å². The number of piperidine rings is 1. The molecule has 0 amide bonds. The molecule has 7 nitrogen and oxygen atoms in total. The fraction of sp³-hybridized carbons (Fsp3) is 0.231. The second kappa shape index (κ2) is 9.20. The maximum atomic E-state index is 14.7. The van der Waals surface area contributed by atoms with Crippen LogP contribution in [0.3, 0.4) is 0 Å². The Bertz CT molecular complexity index is 1530. The lowest BCUT2D eigenvalue weighted by molar-refractivity contribution is 0.361. The number of benzene rings is 2. The van der Waals surface area contributed by atoms with Gasteiger partial charge in [0.1, 0.15) is 11.6 Å². The van der Waals surface area contributed by atoms with Crippen LogP contribution in [0.25, 0.3) is 27.9 Å². The zero-order valence-electron chi connectivity index (χ0n) is 19.0. The number of imidazole rings is 1. The van der Waals surface area contributed by atoms with Crippen molar-refractivity contribution in [3.63, 3.8) is 0 Å². The number of phenols is 1. The van der Waals surface area contributed by atoms with Crippen LogP contribution in [0.2, 0.25) is 5.02 Å². The third-order valence-corrected chi connectivity index (χ3v) is 6.79. The van der Waals surface area contributed by atoms with E-state index in [2.05, 4.69) is 5.32 Å². The van der Waals surface area contributed by atoms with Crippen LogP contribution in [0.5, 0.6) is 5.75 Å². The number of nitrogens with zero attached hydrogens (tertiary/aromatic N) is 3. The van der Waals surface area contributed by atoms with Gasteiger partial charge in [0.25, 0.3) is 5.56 Å². The molecule has 35 heavy (non-hydrogen) atoms. The maximum Gasteiger partial charge on any atom is 0.332 e. The summed E-state index contributed by atoms with van der Waals surface area (Å²) in [5.41, 5.74) is 1.67. The zero-order chi connectivity index (χ0) is 24.7. The second-order valence-corrected chi connectivity index (χ2v) is 9.13. The average molecular weight is 495 g/mol. The highest BCUT2D eigenvalue weighted by Crippen LogP contribution is 2.40. The number of aromatic hydroxyl groups is 1. The molecule has 0 unspecified atom stereocenters. The molecule has 0 bridgehead atoms. The van der Waals surface area contributed by atoms with Crippen molar-refractivity contribution in [3.05, 3.63) is 92.7 Å². The molecule has 1 aliphatic heterocycles. The van der Waals surface area contributed by atoms with Crippen molar-refractivity contribution < 1.29 is 9.50 Å². The summed E-state index contributed by atoms with van der Waals surface area (Å²) in [6, 6.07) is 10.5. The highest BCUT2D eigenvalue weighted by molar-refractivity contribution is 6.32. The van der Waals surface area contributed by atoms with Crippen LogP contribution in [-0.4, -0.2) is 31.9 Å². The Morgan fingerprint density at radius 3 is 2.34 bits per heavy atom.